The van der Waals surface area contributed by atoms with Crippen molar-refractivity contribution in [2.24, 2.45) is 0 Å². The van der Waals surface area contributed by atoms with Crippen LogP contribution in [-0.2, 0) is 0 Å². The number of rotatable bonds is 3. The minimum Gasteiger partial charge on any atom is -0.338 e. The van der Waals surface area contributed by atoms with Gasteiger partial charge in [0.25, 0.3) is 0 Å². The molecule has 80 valence electrons. The molecule has 1 heterocycles. The Morgan fingerprint density at radius 2 is 2.14 bits per heavy atom. The number of nitrogens with zero attached hydrogens (tertiary/aromatic N) is 1. The fourth-order valence-electron chi connectivity index (χ4n) is 1.34. The predicted octanol–water partition coefficient (Wildman–Crippen LogP) is 0.0310. The van der Waals surface area contributed by atoms with Crippen molar-refractivity contribution in [1.29, 1.82) is 5.41 Å². The van der Waals surface area contributed by atoms with Crippen LogP contribution < -0.4 is 10.6 Å². The van der Waals surface area contributed by atoms with Crippen LogP contribution in [0, 0.1) is 5.41 Å². The van der Waals surface area contributed by atoms with Crippen LogP contribution in [0.25, 0.3) is 0 Å². The van der Waals surface area contributed by atoms with Gasteiger partial charge in [0.1, 0.15) is 0 Å². The van der Waals surface area contributed by atoms with Crippen LogP contribution in [0.5, 0.6) is 0 Å². The average Bonchev–Trinajstić information content (AvgIpc) is 2.18. The second kappa shape index (κ2) is 5.59. The van der Waals surface area contributed by atoms with Crippen LogP contribution in [-0.4, -0.2) is 49.4 Å². The highest BCUT2D eigenvalue weighted by Crippen LogP contribution is 1.92. The number of piperazine rings is 1. The smallest absolute Gasteiger partial charge is 0.317 e. The van der Waals surface area contributed by atoms with E-state index in [9.17, 15) is 4.79 Å². The first-order valence-corrected chi connectivity index (χ1v) is 4.97. The van der Waals surface area contributed by atoms with Crippen molar-refractivity contribution in [3.63, 3.8) is 0 Å². The number of amides is 2. The molecule has 0 aromatic rings. The summed E-state index contributed by atoms with van der Waals surface area (Å²) in [4.78, 5) is 13.3. The summed E-state index contributed by atoms with van der Waals surface area (Å²) >= 11 is 0. The summed E-state index contributed by atoms with van der Waals surface area (Å²) in [5, 5.41) is 13.2. The first-order chi connectivity index (χ1) is 6.70. The first-order valence-electron chi connectivity index (χ1n) is 4.97. The van der Waals surface area contributed by atoms with Gasteiger partial charge in [-0.1, -0.05) is 0 Å². The van der Waals surface area contributed by atoms with E-state index in [1.807, 2.05) is 0 Å². The molecule has 0 saturated carbocycles. The Morgan fingerprint density at radius 1 is 1.50 bits per heavy atom. The van der Waals surface area contributed by atoms with Crippen molar-refractivity contribution in [2.45, 2.75) is 13.3 Å². The molecular weight excluding hydrogens is 180 g/mol. The van der Waals surface area contributed by atoms with Gasteiger partial charge in [0, 0.05) is 44.9 Å². The Labute approximate surface area is 84.4 Å². The van der Waals surface area contributed by atoms with Crippen molar-refractivity contribution in [2.75, 3.05) is 32.7 Å². The molecule has 0 bridgehead atoms. The molecule has 2 amide bonds. The summed E-state index contributed by atoms with van der Waals surface area (Å²) in [6.07, 6.45) is 0.637. The maximum Gasteiger partial charge on any atom is 0.317 e. The largest absolute Gasteiger partial charge is 0.338 e. The molecule has 0 radical (unpaired) electrons. The summed E-state index contributed by atoms with van der Waals surface area (Å²) in [5.41, 5.74) is 0.602. The van der Waals surface area contributed by atoms with Crippen LogP contribution in [0.15, 0.2) is 0 Å². The molecule has 5 heteroatoms. The highest BCUT2D eigenvalue weighted by atomic mass is 16.2. The van der Waals surface area contributed by atoms with Gasteiger partial charge in [-0.15, -0.1) is 0 Å². The van der Waals surface area contributed by atoms with Crippen molar-refractivity contribution in [1.82, 2.24) is 15.5 Å². The second-order valence-corrected chi connectivity index (χ2v) is 3.50. The molecule has 0 unspecified atom stereocenters. The standard InChI is InChI=1S/C9H18N4O/c1-8(10)2-3-12-9(14)13-6-4-11-5-7-13/h10-11H,2-7H2,1H3,(H,12,14). The van der Waals surface area contributed by atoms with E-state index in [-0.39, 0.29) is 6.03 Å². The number of urea groups is 1. The van der Waals surface area contributed by atoms with Crippen LogP contribution in [0.2, 0.25) is 0 Å². The Balaban J connectivity index is 2.16. The SMILES string of the molecule is CC(=N)CCNC(=O)N1CCNCC1. The summed E-state index contributed by atoms with van der Waals surface area (Å²) in [7, 11) is 0. The number of hydrogen-bond donors (Lipinski definition) is 3. The van der Waals surface area contributed by atoms with Gasteiger partial charge in [0.15, 0.2) is 0 Å². The van der Waals surface area contributed by atoms with E-state index in [2.05, 4.69) is 10.6 Å². The Bertz CT molecular complexity index is 211. The quantitative estimate of drug-likeness (QED) is 0.560. The fraction of sp³-hybridized carbons (Fsp3) is 0.778. The van der Waals surface area contributed by atoms with E-state index in [0.29, 0.717) is 18.7 Å². The lowest BCUT2D eigenvalue weighted by Gasteiger charge is -2.27. The lowest BCUT2D eigenvalue weighted by molar-refractivity contribution is 0.190. The van der Waals surface area contributed by atoms with Crippen molar-refractivity contribution in [3.8, 4) is 0 Å². The maximum absolute atomic E-state index is 11.5. The van der Waals surface area contributed by atoms with E-state index in [0.717, 1.165) is 26.2 Å². The molecule has 5 nitrogen and oxygen atoms in total. The molecule has 14 heavy (non-hydrogen) atoms. The van der Waals surface area contributed by atoms with Crippen molar-refractivity contribution < 1.29 is 4.79 Å². The fourth-order valence-corrected chi connectivity index (χ4v) is 1.34. The molecule has 0 spiro atoms. The molecule has 1 aliphatic rings. The molecule has 0 aromatic heterocycles. The summed E-state index contributed by atoms with van der Waals surface area (Å²) in [6.45, 7) is 5.61. The number of nitrogens with one attached hydrogen (secondary N) is 3. The molecule has 0 atom stereocenters. The summed E-state index contributed by atoms with van der Waals surface area (Å²) in [5.74, 6) is 0. The van der Waals surface area contributed by atoms with Gasteiger partial charge in [0.2, 0.25) is 0 Å². The second-order valence-electron chi connectivity index (χ2n) is 3.50. The highest BCUT2D eigenvalue weighted by Gasteiger charge is 2.14. The maximum atomic E-state index is 11.5. The van der Waals surface area contributed by atoms with Gasteiger partial charge in [0.05, 0.1) is 0 Å². The lowest BCUT2D eigenvalue weighted by atomic mass is 10.3. The Hall–Kier alpha value is -1.10. The van der Waals surface area contributed by atoms with Crippen LogP contribution in [0.1, 0.15) is 13.3 Å². The van der Waals surface area contributed by atoms with Gasteiger partial charge >= 0.3 is 6.03 Å². The molecule has 1 aliphatic heterocycles. The lowest BCUT2D eigenvalue weighted by Crippen LogP contribution is -2.50. The van der Waals surface area contributed by atoms with Crippen molar-refractivity contribution in [3.05, 3.63) is 0 Å². The van der Waals surface area contributed by atoms with E-state index in [4.69, 9.17) is 5.41 Å². The highest BCUT2D eigenvalue weighted by molar-refractivity contribution is 5.80. The molecular formula is C9H18N4O. The minimum absolute atomic E-state index is 0.00671. The van der Waals surface area contributed by atoms with E-state index in [1.165, 1.54) is 0 Å². The third-order valence-electron chi connectivity index (χ3n) is 2.18. The van der Waals surface area contributed by atoms with E-state index < -0.39 is 0 Å². The van der Waals surface area contributed by atoms with Crippen molar-refractivity contribution >= 4 is 11.7 Å². The average molecular weight is 198 g/mol. The number of hydrogen-bond acceptors (Lipinski definition) is 3. The zero-order chi connectivity index (χ0) is 10.4. The zero-order valence-corrected chi connectivity index (χ0v) is 8.60. The van der Waals surface area contributed by atoms with Gasteiger partial charge in [-0.2, -0.15) is 0 Å². The third-order valence-corrected chi connectivity index (χ3v) is 2.18. The monoisotopic (exact) mass is 198 g/mol. The normalized spacial score (nSPS) is 16.5. The predicted molar refractivity (Wildman–Crippen MR) is 55.9 cm³/mol. The molecule has 3 N–H and O–H groups in total. The summed E-state index contributed by atoms with van der Waals surface area (Å²) in [6, 6.07) is -0.00671. The molecule has 1 saturated heterocycles. The summed E-state index contributed by atoms with van der Waals surface area (Å²) < 4.78 is 0. The Kier molecular flexibility index (Phi) is 4.39. The third kappa shape index (κ3) is 3.74. The van der Waals surface area contributed by atoms with Gasteiger partial charge in [-0.25, -0.2) is 4.79 Å². The van der Waals surface area contributed by atoms with E-state index in [1.54, 1.807) is 11.8 Å². The number of carbonyl (C=O) groups excluding carboxylic acids is 1. The van der Waals surface area contributed by atoms with Crippen LogP contribution >= 0.6 is 0 Å². The zero-order valence-electron chi connectivity index (χ0n) is 8.60. The molecule has 1 fully saturated rings. The Morgan fingerprint density at radius 3 is 2.71 bits per heavy atom. The van der Waals surface area contributed by atoms with Gasteiger partial charge < -0.3 is 20.9 Å². The van der Waals surface area contributed by atoms with Crippen LogP contribution in [0.4, 0.5) is 4.79 Å². The molecule has 0 aliphatic carbocycles. The van der Waals surface area contributed by atoms with E-state index >= 15 is 0 Å². The number of carbonyl (C=O) groups is 1. The minimum atomic E-state index is -0.00671. The first kappa shape index (κ1) is 11.0. The molecule has 1 rings (SSSR count). The van der Waals surface area contributed by atoms with Gasteiger partial charge in [-0.05, 0) is 6.92 Å². The topological polar surface area (TPSA) is 68.2 Å². The van der Waals surface area contributed by atoms with Crippen LogP contribution in [0.3, 0.4) is 0 Å². The molecule has 0 aromatic carbocycles. The van der Waals surface area contributed by atoms with Gasteiger partial charge in [-0.3, -0.25) is 0 Å².